The van der Waals surface area contributed by atoms with E-state index in [1.54, 1.807) is 12.1 Å². The number of carbonyl (C=O) groups is 4. The van der Waals surface area contributed by atoms with Gasteiger partial charge in [-0.2, -0.15) is 13.2 Å². The van der Waals surface area contributed by atoms with E-state index in [1.165, 1.54) is 12.1 Å². The van der Waals surface area contributed by atoms with Crippen LogP contribution in [0.25, 0.3) is 0 Å². The Labute approximate surface area is 229 Å². The number of carbonyl (C=O) groups excluding carboxylic acids is 4. The number of alkyl halides is 3. The Kier molecular flexibility index (Phi) is 8.42. The van der Waals surface area contributed by atoms with Gasteiger partial charge in [-0.3, -0.25) is 19.2 Å². The van der Waals surface area contributed by atoms with Crippen LogP contribution in [-0.4, -0.2) is 23.3 Å². The van der Waals surface area contributed by atoms with Crippen molar-refractivity contribution in [3.05, 3.63) is 70.3 Å². The first-order valence-corrected chi connectivity index (χ1v) is 13.5. The highest BCUT2D eigenvalue weighted by atomic mass is 19.4. The first-order chi connectivity index (χ1) is 18.3. The lowest BCUT2D eigenvalue weighted by Gasteiger charge is -2.33. The van der Waals surface area contributed by atoms with Crippen LogP contribution in [0.1, 0.15) is 75.5 Å². The lowest BCUT2D eigenvalue weighted by molar-refractivity contribution is -0.137. The lowest BCUT2D eigenvalue weighted by Crippen LogP contribution is -2.35. The van der Waals surface area contributed by atoms with E-state index in [0.29, 0.717) is 42.4 Å². The standard InChI is InChI=1S/C31H34F3NO4.2H2/c1-17-18(2)30(39)25(9-10-27(17)36)19(3)22-14-23-11-20(7-8-26(23)28(37)15-22)13-29(38)35-16-21-5-4-6-24(12-21)31(32,33)34;;/h4-8,11-12,17-19,22,25H,9-10,13-16H2,1-3H3,(H,35,38);2*1H. The molecule has 2 aromatic carbocycles. The Bertz CT molecular complexity index is 1300. The molecule has 212 valence electrons. The highest BCUT2D eigenvalue weighted by Crippen LogP contribution is 2.39. The number of halogens is 3. The van der Waals surface area contributed by atoms with Gasteiger partial charge in [0.15, 0.2) is 5.78 Å². The van der Waals surface area contributed by atoms with Crippen LogP contribution >= 0.6 is 0 Å². The molecule has 2 aliphatic rings. The van der Waals surface area contributed by atoms with E-state index in [1.807, 2.05) is 26.8 Å². The van der Waals surface area contributed by atoms with Crippen molar-refractivity contribution in [2.24, 2.45) is 29.6 Å². The quantitative estimate of drug-likeness (QED) is 0.435. The van der Waals surface area contributed by atoms with Crippen LogP contribution in [-0.2, 0) is 39.9 Å². The molecule has 4 rings (SSSR count). The number of rotatable bonds is 6. The molecule has 1 saturated carbocycles. The van der Waals surface area contributed by atoms with Gasteiger partial charge in [-0.1, -0.05) is 51.1 Å². The maximum absolute atomic E-state index is 13.2. The fourth-order valence-corrected chi connectivity index (χ4v) is 5.96. The van der Waals surface area contributed by atoms with E-state index in [4.69, 9.17) is 0 Å². The molecule has 5 atom stereocenters. The number of benzene rings is 2. The van der Waals surface area contributed by atoms with E-state index in [2.05, 4.69) is 5.32 Å². The summed E-state index contributed by atoms with van der Waals surface area (Å²) < 4.78 is 38.8. The number of Topliss-reactive ketones (excluding diaryl/α,β-unsaturated/α-hetero) is 3. The Hall–Kier alpha value is -3.29. The van der Waals surface area contributed by atoms with E-state index in [0.717, 1.165) is 17.7 Å². The largest absolute Gasteiger partial charge is 0.416 e. The molecule has 2 aliphatic carbocycles. The van der Waals surface area contributed by atoms with Gasteiger partial charge in [0.25, 0.3) is 0 Å². The van der Waals surface area contributed by atoms with Crippen LogP contribution in [0.2, 0.25) is 0 Å². The molecule has 0 bridgehead atoms. The van der Waals surface area contributed by atoms with Gasteiger partial charge in [0, 0.05) is 45.6 Å². The van der Waals surface area contributed by atoms with Crippen LogP contribution in [0.15, 0.2) is 42.5 Å². The second-order valence-corrected chi connectivity index (χ2v) is 11.2. The maximum atomic E-state index is 13.2. The van der Waals surface area contributed by atoms with Crippen molar-refractivity contribution in [2.75, 3.05) is 0 Å². The van der Waals surface area contributed by atoms with Crippen molar-refractivity contribution in [1.82, 2.24) is 5.32 Å². The first-order valence-electron chi connectivity index (χ1n) is 13.5. The second-order valence-electron chi connectivity index (χ2n) is 11.2. The smallest absolute Gasteiger partial charge is 0.352 e. The molecule has 0 radical (unpaired) electrons. The number of nitrogens with one attached hydrogen (secondary N) is 1. The summed E-state index contributed by atoms with van der Waals surface area (Å²) in [6.45, 7) is 5.61. The molecule has 1 N–H and O–H groups in total. The highest BCUT2D eigenvalue weighted by molar-refractivity contribution is 5.99. The minimum Gasteiger partial charge on any atom is -0.352 e. The van der Waals surface area contributed by atoms with Crippen molar-refractivity contribution in [1.29, 1.82) is 0 Å². The number of hydrogen-bond donors (Lipinski definition) is 1. The Morgan fingerprint density at radius 1 is 1.03 bits per heavy atom. The van der Waals surface area contributed by atoms with E-state index in [9.17, 15) is 32.3 Å². The molecule has 2 aromatic rings. The third-order valence-electron chi connectivity index (χ3n) is 8.66. The zero-order valence-electron chi connectivity index (χ0n) is 22.4. The highest BCUT2D eigenvalue weighted by Gasteiger charge is 2.41. The molecular formula is C31H38F3NO4. The van der Waals surface area contributed by atoms with Gasteiger partial charge in [-0.25, -0.2) is 0 Å². The number of ketones is 3. The number of amides is 1. The summed E-state index contributed by atoms with van der Waals surface area (Å²) >= 11 is 0. The first kappa shape index (κ1) is 28.7. The van der Waals surface area contributed by atoms with Crippen molar-refractivity contribution in [2.45, 2.75) is 65.6 Å². The van der Waals surface area contributed by atoms with Crippen LogP contribution in [0.3, 0.4) is 0 Å². The summed E-state index contributed by atoms with van der Waals surface area (Å²) in [6, 6.07) is 10.1. The summed E-state index contributed by atoms with van der Waals surface area (Å²) in [5.74, 6) is -1.10. The third kappa shape index (κ3) is 6.48. The molecule has 0 heterocycles. The molecule has 5 unspecified atom stereocenters. The van der Waals surface area contributed by atoms with E-state index < -0.39 is 11.7 Å². The lowest BCUT2D eigenvalue weighted by atomic mass is 9.69. The zero-order valence-corrected chi connectivity index (χ0v) is 22.4. The molecule has 0 aromatic heterocycles. The predicted octanol–water partition coefficient (Wildman–Crippen LogP) is 6.26. The fourth-order valence-electron chi connectivity index (χ4n) is 5.96. The molecule has 0 aliphatic heterocycles. The average Bonchev–Trinajstić information content (AvgIpc) is 2.98. The van der Waals surface area contributed by atoms with Crippen molar-refractivity contribution in [3.63, 3.8) is 0 Å². The fraction of sp³-hybridized carbons (Fsp3) is 0.484. The van der Waals surface area contributed by atoms with Crippen molar-refractivity contribution < 1.29 is 35.2 Å². The van der Waals surface area contributed by atoms with Crippen LogP contribution in [0, 0.1) is 29.6 Å². The SMILES string of the molecule is CC1C(=O)CCC(C(C)C2CC(=O)c3ccc(CC(=O)NCc4cccc(C(F)(F)F)c4)cc3C2)C(=O)C1C.[HH].[HH]. The van der Waals surface area contributed by atoms with Gasteiger partial charge in [-0.05, 0) is 53.5 Å². The topological polar surface area (TPSA) is 80.3 Å². The molecule has 5 nitrogen and oxygen atoms in total. The molecule has 1 fully saturated rings. The van der Waals surface area contributed by atoms with Crippen LogP contribution in [0.5, 0.6) is 0 Å². The average molecular weight is 546 g/mol. The Balaban J connectivity index is 0.00000294. The second kappa shape index (κ2) is 11.4. The zero-order chi connectivity index (χ0) is 28.5. The van der Waals surface area contributed by atoms with Gasteiger partial charge in [0.05, 0.1) is 12.0 Å². The number of fused-ring (bicyclic) bond motifs is 1. The summed E-state index contributed by atoms with van der Waals surface area (Å²) in [5.41, 5.74) is 1.75. The summed E-state index contributed by atoms with van der Waals surface area (Å²) in [5, 5.41) is 2.67. The molecular weight excluding hydrogens is 507 g/mol. The summed E-state index contributed by atoms with van der Waals surface area (Å²) in [4.78, 5) is 51.1. The van der Waals surface area contributed by atoms with E-state index >= 15 is 0 Å². The summed E-state index contributed by atoms with van der Waals surface area (Å²) in [6.07, 6.45) is -2.59. The third-order valence-corrected chi connectivity index (χ3v) is 8.66. The molecule has 1 amide bonds. The van der Waals surface area contributed by atoms with Crippen LogP contribution in [0.4, 0.5) is 13.2 Å². The maximum Gasteiger partial charge on any atom is 0.416 e. The van der Waals surface area contributed by atoms with Gasteiger partial charge < -0.3 is 5.32 Å². The monoisotopic (exact) mass is 545 g/mol. The molecule has 0 spiro atoms. The van der Waals surface area contributed by atoms with E-state index in [-0.39, 0.29) is 68.7 Å². The van der Waals surface area contributed by atoms with Crippen LogP contribution < -0.4 is 5.32 Å². The van der Waals surface area contributed by atoms with Gasteiger partial charge in [0.2, 0.25) is 5.91 Å². The molecule has 8 heteroatoms. The number of hydrogen-bond acceptors (Lipinski definition) is 4. The predicted molar refractivity (Wildman–Crippen MR) is 144 cm³/mol. The molecule has 0 saturated heterocycles. The minimum absolute atomic E-state index is 0. The molecule has 39 heavy (non-hydrogen) atoms. The van der Waals surface area contributed by atoms with Crippen molar-refractivity contribution in [3.8, 4) is 0 Å². The Morgan fingerprint density at radius 2 is 1.77 bits per heavy atom. The van der Waals surface area contributed by atoms with Gasteiger partial charge >= 0.3 is 6.18 Å². The normalized spacial score (nSPS) is 24.6. The summed E-state index contributed by atoms with van der Waals surface area (Å²) in [7, 11) is 0. The Morgan fingerprint density at radius 3 is 2.49 bits per heavy atom. The van der Waals surface area contributed by atoms with Gasteiger partial charge in [0.1, 0.15) is 11.6 Å². The minimum atomic E-state index is -4.45. The van der Waals surface area contributed by atoms with Crippen molar-refractivity contribution >= 4 is 23.3 Å². The van der Waals surface area contributed by atoms with Gasteiger partial charge in [-0.15, -0.1) is 0 Å².